The summed E-state index contributed by atoms with van der Waals surface area (Å²) in [5.74, 6) is 0. The third kappa shape index (κ3) is 5.24. The Hall–Kier alpha value is -0.120. The van der Waals surface area contributed by atoms with Gasteiger partial charge in [0.05, 0.1) is 25.4 Å². The van der Waals surface area contributed by atoms with Crippen molar-refractivity contribution in [2.24, 2.45) is 0 Å². The highest BCUT2D eigenvalue weighted by atomic mass is 16.6. The van der Waals surface area contributed by atoms with Gasteiger partial charge in [-0.1, -0.05) is 13.8 Å². The van der Waals surface area contributed by atoms with Crippen LogP contribution in [0.2, 0.25) is 0 Å². The van der Waals surface area contributed by atoms with Gasteiger partial charge in [0.25, 0.3) is 0 Å². The van der Waals surface area contributed by atoms with E-state index in [1.54, 1.807) is 14.2 Å². The van der Waals surface area contributed by atoms with Gasteiger partial charge >= 0.3 is 0 Å². The Bertz CT molecular complexity index is 94.3. The quantitative estimate of drug-likeness (QED) is 0.677. The molecule has 13 heavy (non-hydrogen) atoms. The summed E-state index contributed by atoms with van der Waals surface area (Å²) in [6.07, 6.45) is 2.78. The van der Waals surface area contributed by atoms with Gasteiger partial charge in [-0.05, 0) is 12.8 Å². The molecule has 1 rings (SSSR count). The predicted molar refractivity (Wildman–Crippen MR) is 53.0 cm³/mol. The third-order valence-electron chi connectivity index (χ3n) is 1.90. The molecule has 0 bridgehead atoms. The molecule has 1 saturated heterocycles. The monoisotopic (exact) mass is 190 g/mol. The van der Waals surface area contributed by atoms with Crippen LogP contribution in [0.25, 0.3) is 0 Å². The van der Waals surface area contributed by atoms with E-state index in [1.807, 2.05) is 13.8 Å². The Morgan fingerprint density at radius 3 is 1.69 bits per heavy atom. The van der Waals surface area contributed by atoms with Gasteiger partial charge in [-0.25, -0.2) is 0 Å². The molecule has 0 aromatic heterocycles. The van der Waals surface area contributed by atoms with Crippen molar-refractivity contribution >= 4 is 0 Å². The fourth-order valence-electron chi connectivity index (χ4n) is 1.40. The zero-order chi connectivity index (χ0) is 10.1. The van der Waals surface area contributed by atoms with Gasteiger partial charge in [0.2, 0.25) is 0 Å². The first-order valence-electron chi connectivity index (χ1n) is 5.00. The lowest BCUT2D eigenvalue weighted by Gasteiger charge is -2.11. The standard InChI is InChI=1S/C8H16O3.C2H6/c1-9-5-7-3-4-8(11-7)6-10-2;1-2/h7-8H,3-6H2,1-2H3;1-2H3. The Balaban J connectivity index is 0.000000671. The number of hydrogen-bond acceptors (Lipinski definition) is 3. The van der Waals surface area contributed by atoms with Crippen LogP contribution in [-0.2, 0) is 14.2 Å². The molecule has 1 fully saturated rings. The summed E-state index contributed by atoms with van der Waals surface area (Å²) in [5, 5.41) is 0. The summed E-state index contributed by atoms with van der Waals surface area (Å²) >= 11 is 0. The first kappa shape index (κ1) is 12.9. The second kappa shape index (κ2) is 8.48. The molecule has 2 unspecified atom stereocenters. The van der Waals surface area contributed by atoms with Gasteiger partial charge in [-0.15, -0.1) is 0 Å². The van der Waals surface area contributed by atoms with Crippen LogP contribution in [0.1, 0.15) is 26.7 Å². The van der Waals surface area contributed by atoms with Crippen LogP contribution in [0.3, 0.4) is 0 Å². The minimum atomic E-state index is 0.292. The third-order valence-corrected chi connectivity index (χ3v) is 1.90. The second-order valence-corrected chi connectivity index (χ2v) is 2.87. The molecule has 2 atom stereocenters. The molecule has 0 amide bonds. The van der Waals surface area contributed by atoms with Crippen molar-refractivity contribution in [3.05, 3.63) is 0 Å². The highest BCUT2D eigenvalue weighted by molar-refractivity contribution is 4.72. The average molecular weight is 190 g/mol. The molecule has 80 valence electrons. The van der Waals surface area contributed by atoms with Crippen molar-refractivity contribution in [1.29, 1.82) is 0 Å². The van der Waals surface area contributed by atoms with E-state index in [0.29, 0.717) is 25.4 Å². The summed E-state index contributed by atoms with van der Waals surface area (Å²) in [6, 6.07) is 0. The molecule has 0 aliphatic carbocycles. The van der Waals surface area contributed by atoms with Gasteiger partial charge in [-0.2, -0.15) is 0 Å². The van der Waals surface area contributed by atoms with Crippen molar-refractivity contribution < 1.29 is 14.2 Å². The molecule has 0 N–H and O–H groups in total. The number of ether oxygens (including phenoxy) is 3. The Labute approximate surface area is 81.4 Å². The molecule has 3 heteroatoms. The molecular weight excluding hydrogens is 168 g/mol. The lowest BCUT2D eigenvalue weighted by atomic mass is 10.2. The van der Waals surface area contributed by atoms with Crippen molar-refractivity contribution in [3.63, 3.8) is 0 Å². The van der Waals surface area contributed by atoms with Gasteiger partial charge in [0.15, 0.2) is 0 Å². The minimum absolute atomic E-state index is 0.292. The molecule has 1 aliphatic heterocycles. The van der Waals surface area contributed by atoms with Crippen LogP contribution in [0, 0.1) is 0 Å². The summed E-state index contributed by atoms with van der Waals surface area (Å²) in [7, 11) is 3.40. The second-order valence-electron chi connectivity index (χ2n) is 2.87. The van der Waals surface area contributed by atoms with Gasteiger partial charge in [0.1, 0.15) is 0 Å². The normalized spacial score (nSPS) is 26.8. The maximum atomic E-state index is 5.59. The number of methoxy groups -OCH3 is 2. The molecule has 0 aromatic carbocycles. The van der Waals surface area contributed by atoms with Gasteiger partial charge < -0.3 is 14.2 Å². The van der Waals surface area contributed by atoms with Crippen molar-refractivity contribution in [3.8, 4) is 0 Å². The van der Waals surface area contributed by atoms with E-state index in [0.717, 1.165) is 12.8 Å². The summed E-state index contributed by atoms with van der Waals surface area (Å²) in [4.78, 5) is 0. The first-order valence-corrected chi connectivity index (χ1v) is 5.00. The van der Waals surface area contributed by atoms with Gasteiger partial charge in [0, 0.05) is 14.2 Å². The Kier molecular flexibility index (Phi) is 8.40. The maximum absolute atomic E-state index is 5.59. The minimum Gasteiger partial charge on any atom is -0.382 e. The topological polar surface area (TPSA) is 27.7 Å². The highest BCUT2D eigenvalue weighted by Gasteiger charge is 2.24. The molecule has 1 aliphatic rings. The summed E-state index contributed by atoms with van der Waals surface area (Å²) in [6.45, 7) is 5.42. The van der Waals surface area contributed by atoms with Crippen LogP contribution in [0.5, 0.6) is 0 Å². The maximum Gasteiger partial charge on any atom is 0.0814 e. The van der Waals surface area contributed by atoms with E-state index in [-0.39, 0.29) is 0 Å². The number of hydrogen-bond donors (Lipinski definition) is 0. The van der Waals surface area contributed by atoms with Crippen LogP contribution >= 0.6 is 0 Å². The van der Waals surface area contributed by atoms with Crippen molar-refractivity contribution in [2.45, 2.75) is 38.9 Å². The molecule has 0 spiro atoms. The predicted octanol–water partition coefficient (Wildman–Crippen LogP) is 1.85. The smallest absolute Gasteiger partial charge is 0.0814 e. The van der Waals surface area contributed by atoms with E-state index in [9.17, 15) is 0 Å². The van der Waals surface area contributed by atoms with Crippen molar-refractivity contribution in [1.82, 2.24) is 0 Å². The molecule has 0 aromatic rings. The van der Waals surface area contributed by atoms with Crippen LogP contribution < -0.4 is 0 Å². The van der Waals surface area contributed by atoms with Crippen LogP contribution in [0.15, 0.2) is 0 Å². The molecule has 0 saturated carbocycles. The van der Waals surface area contributed by atoms with E-state index in [4.69, 9.17) is 14.2 Å². The molecule has 1 heterocycles. The van der Waals surface area contributed by atoms with Crippen LogP contribution in [-0.4, -0.2) is 39.6 Å². The molecule has 3 nitrogen and oxygen atoms in total. The fourth-order valence-corrected chi connectivity index (χ4v) is 1.40. The number of rotatable bonds is 4. The Morgan fingerprint density at radius 2 is 1.38 bits per heavy atom. The fraction of sp³-hybridized carbons (Fsp3) is 1.00. The lowest BCUT2D eigenvalue weighted by molar-refractivity contribution is -0.0294. The van der Waals surface area contributed by atoms with E-state index < -0.39 is 0 Å². The SMILES string of the molecule is CC.COCC1CCC(COC)O1. The zero-order valence-electron chi connectivity index (χ0n) is 9.21. The van der Waals surface area contributed by atoms with E-state index in [1.165, 1.54) is 0 Å². The van der Waals surface area contributed by atoms with Crippen molar-refractivity contribution in [2.75, 3.05) is 27.4 Å². The van der Waals surface area contributed by atoms with E-state index >= 15 is 0 Å². The first-order chi connectivity index (χ1) is 6.36. The zero-order valence-corrected chi connectivity index (χ0v) is 9.21. The van der Waals surface area contributed by atoms with Gasteiger partial charge in [-0.3, -0.25) is 0 Å². The average Bonchev–Trinajstić information content (AvgIpc) is 2.58. The molecule has 0 radical (unpaired) electrons. The summed E-state index contributed by atoms with van der Waals surface area (Å²) in [5.41, 5.74) is 0. The van der Waals surface area contributed by atoms with E-state index in [2.05, 4.69) is 0 Å². The molecular formula is C10H22O3. The van der Waals surface area contributed by atoms with Crippen LogP contribution in [0.4, 0.5) is 0 Å². The lowest BCUT2D eigenvalue weighted by Crippen LogP contribution is -2.18. The largest absolute Gasteiger partial charge is 0.382 e. The Morgan fingerprint density at radius 1 is 1.00 bits per heavy atom. The summed E-state index contributed by atoms with van der Waals surface area (Å²) < 4.78 is 15.6. The highest BCUT2D eigenvalue weighted by Crippen LogP contribution is 2.19.